The van der Waals surface area contributed by atoms with Crippen molar-refractivity contribution in [2.75, 3.05) is 0 Å². The summed E-state index contributed by atoms with van der Waals surface area (Å²) >= 11 is 6.43. The Morgan fingerprint density at radius 2 is 2.20 bits per heavy atom. The zero-order valence-electron chi connectivity index (χ0n) is 2.24. The summed E-state index contributed by atoms with van der Waals surface area (Å²) in [5.41, 5.74) is 0.987. The fourth-order valence-electron chi connectivity index (χ4n) is 0. The van der Waals surface area contributed by atoms with Crippen LogP contribution in [0.15, 0.2) is 9.30 Å². The van der Waals surface area contributed by atoms with Crippen LogP contribution in [-0.4, -0.2) is 0 Å². The van der Waals surface area contributed by atoms with Crippen LogP contribution in [0.4, 0.5) is 0 Å². The first-order valence-corrected chi connectivity index (χ1v) is 2.42. The zero-order valence-corrected chi connectivity index (χ0v) is 5.15. The molecule has 29 valence electrons. The molecule has 3 heteroatoms. The van der Waals surface area contributed by atoms with Crippen molar-refractivity contribution in [1.82, 2.24) is 0 Å². The van der Waals surface area contributed by atoms with Crippen LogP contribution in [0.2, 0.25) is 0 Å². The molecule has 0 atom stereocenters. The number of halogens is 2. The second-order valence-corrected chi connectivity index (χ2v) is 1.69. The lowest BCUT2D eigenvalue weighted by molar-refractivity contribution is 0.345. The number of hydrogen-bond acceptors (Lipinski definition) is 0. The Labute approximate surface area is 48.8 Å². The van der Waals surface area contributed by atoms with E-state index in [0.717, 1.165) is 5.54 Å². The maximum Gasteiger partial charge on any atom is 0.226 e. The molecule has 0 heterocycles. The van der Waals surface area contributed by atoms with Crippen molar-refractivity contribution in [3.63, 3.8) is 0 Å². The van der Waals surface area contributed by atoms with E-state index in [1.807, 2.05) is 0 Å². The van der Waals surface area contributed by atoms with E-state index in [2.05, 4.69) is 0 Å². The Morgan fingerprint density at radius 3 is 2.20 bits per heavy atom. The van der Waals surface area contributed by atoms with Gasteiger partial charge in [-0.05, 0) is 0 Å². The number of rotatable bonds is 0. The molecule has 1 radical (unpaired) electrons. The highest BCUT2D eigenvalue weighted by atomic mass is 127. The molecule has 0 spiro atoms. The van der Waals surface area contributed by atoms with Crippen LogP contribution in [0.5, 0.6) is 0 Å². The third-order valence-electron chi connectivity index (χ3n) is 0.0858. The molecular formula is C2HClIO. The van der Waals surface area contributed by atoms with Gasteiger partial charge in [0.05, 0.1) is 5.54 Å². The Bertz CT molecular complexity index is 47.6. The van der Waals surface area contributed by atoms with Crippen molar-refractivity contribution in [3.05, 3.63) is 9.30 Å². The Hall–Kier alpha value is 0.560. The lowest BCUT2D eigenvalue weighted by Gasteiger charge is -1.62. The van der Waals surface area contributed by atoms with Gasteiger partial charge in [0.25, 0.3) is 0 Å². The molecular weight excluding hydrogens is 202 g/mol. The summed E-state index contributed by atoms with van der Waals surface area (Å²) in [4.78, 5) is 0. The molecule has 0 saturated carbocycles. The van der Waals surface area contributed by atoms with Crippen LogP contribution in [0.1, 0.15) is 0 Å². The maximum absolute atomic E-state index is 9.61. The largest absolute Gasteiger partial charge is 0.282 e. The number of hydrogen-bond donors (Lipinski definition) is 0. The molecule has 0 unspecified atom stereocenters. The SMILES string of the molecule is [O]/C(I)=C/Cl. The molecule has 0 saturated heterocycles. The summed E-state index contributed by atoms with van der Waals surface area (Å²) in [6, 6.07) is 0. The first kappa shape index (κ1) is 5.56. The fourth-order valence-corrected chi connectivity index (χ4v) is 0. The van der Waals surface area contributed by atoms with Gasteiger partial charge < -0.3 is 0 Å². The topological polar surface area (TPSA) is 19.9 Å². The Balaban J connectivity index is 3.14. The normalized spacial score (nSPS) is 12.0. The van der Waals surface area contributed by atoms with E-state index in [0.29, 0.717) is 0 Å². The summed E-state index contributed by atoms with van der Waals surface area (Å²) in [6.07, 6.45) is 0. The molecule has 0 N–H and O–H groups in total. The quantitative estimate of drug-likeness (QED) is 0.423. The highest BCUT2D eigenvalue weighted by Crippen LogP contribution is 2.00. The second-order valence-electron chi connectivity index (χ2n) is 0.413. The van der Waals surface area contributed by atoms with Crippen molar-refractivity contribution in [1.29, 1.82) is 0 Å². The van der Waals surface area contributed by atoms with Gasteiger partial charge in [-0.25, -0.2) is 0 Å². The summed E-state index contributed by atoms with van der Waals surface area (Å²) in [6.45, 7) is 0. The molecule has 0 aliphatic carbocycles. The van der Waals surface area contributed by atoms with Gasteiger partial charge in [-0.2, -0.15) is 0 Å². The van der Waals surface area contributed by atoms with Crippen molar-refractivity contribution in [2.24, 2.45) is 0 Å². The second kappa shape index (κ2) is 2.78. The van der Waals surface area contributed by atoms with Gasteiger partial charge in [-0.15, -0.1) is 0 Å². The van der Waals surface area contributed by atoms with Gasteiger partial charge >= 0.3 is 0 Å². The standard InChI is InChI=1S/C2HClIO/c3-1-2(4)5/h1H/b2-1+. The van der Waals surface area contributed by atoms with E-state index in [1.165, 1.54) is 0 Å². The minimum Gasteiger partial charge on any atom is -0.282 e. The van der Waals surface area contributed by atoms with Crippen LogP contribution in [0, 0.1) is 0 Å². The molecule has 5 heavy (non-hydrogen) atoms. The first-order valence-electron chi connectivity index (χ1n) is 0.900. The van der Waals surface area contributed by atoms with Gasteiger partial charge in [-0.3, -0.25) is 5.11 Å². The van der Waals surface area contributed by atoms with Crippen molar-refractivity contribution < 1.29 is 5.11 Å². The highest BCUT2D eigenvalue weighted by molar-refractivity contribution is 14.1. The molecule has 0 aromatic carbocycles. The molecule has 0 aliphatic heterocycles. The van der Waals surface area contributed by atoms with E-state index >= 15 is 0 Å². The summed E-state index contributed by atoms with van der Waals surface area (Å²) in [5.74, 6) is 0. The maximum atomic E-state index is 9.61. The molecule has 0 aromatic heterocycles. The third kappa shape index (κ3) is 4.56. The minimum absolute atomic E-state index is 0.135. The van der Waals surface area contributed by atoms with E-state index in [9.17, 15) is 5.11 Å². The third-order valence-corrected chi connectivity index (χ3v) is 0.964. The Kier molecular flexibility index (Phi) is 3.09. The van der Waals surface area contributed by atoms with E-state index in [1.54, 1.807) is 22.6 Å². The smallest absolute Gasteiger partial charge is 0.226 e. The first-order chi connectivity index (χ1) is 2.27. The molecule has 0 aromatic rings. The zero-order chi connectivity index (χ0) is 4.28. The van der Waals surface area contributed by atoms with E-state index < -0.39 is 0 Å². The lowest BCUT2D eigenvalue weighted by Crippen LogP contribution is -1.46. The molecule has 0 rings (SSSR count). The lowest BCUT2D eigenvalue weighted by atomic mass is 11.2. The average molecular weight is 203 g/mol. The predicted molar refractivity (Wildman–Crippen MR) is 28.6 cm³/mol. The highest BCUT2D eigenvalue weighted by Gasteiger charge is 1.74. The van der Waals surface area contributed by atoms with Crippen LogP contribution >= 0.6 is 34.2 Å². The van der Waals surface area contributed by atoms with Gasteiger partial charge in [-0.1, -0.05) is 11.6 Å². The van der Waals surface area contributed by atoms with Crippen LogP contribution in [-0.2, 0) is 5.11 Å². The molecule has 0 fully saturated rings. The van der Waals surface area contributed by atoms with Crippen molar-refractivity contribution in [2.45, 2.75) is 0 Å². The van der Waals surface area contributed by atoms with Gasteiger partial charge in [0, 0.05) is 22.6 Å². The van der Waals surface area contributed by atoms with Gasteiger partial charge in [0.15, 0.2) is 0 Å². The van der Waals surface area contributed by atoms with Crippen molar-refractivity contribution >= 4 is 34.2 Å². The predicted octanol–water partition coefficient (Wildman–Crippen LogP) is 1.89. The van der Waals surface area contributed by atoms with Crippen LogP contribution in [0.3, 0.4) is 0 Å². The minimum atomic E-state index is -0.135. The molecule has 0 amide bonds. The van der Waals surface area contributed by atoms with Gasteiger partial charge in [0.2, 0.25) is 3.77 Å². The van der Waals surface area contributed by atoms with Crippen LogP contribution < -0.4 is 0 Å². The van der Waals surface area contributed by atoms with E-state index in [4.69, 9.17) is 11.6 Å². The van der Waals surface area contributed by atoms with Crippen LogP contribution in [0.25, 0.3) is 0 Å². The van der Waals surface area contributed by atoms with Crippen molar-refractivity contribution in [3.8, 4) is 0 Å². The summed E-state index contributed by atoms with van der Waals surface area (Å²) in [5, 5.41) is 9.61. The molecule has 0 bridgehead atoms. The Morgan fingerprint density at radius 1 is 2.00 bits per heavy atom. The average Bonchev–Trinajstić information content (AvgIpc) is 1.38. The van der Waals surface area contributed by atoms with E-state index in [-0.39, 0.29) is 3.77 Å². The summed E-state index contributed by atoms with van der Waals surface area (Å²) < 4.78 is -0.135. The molecule has 0 aliphatic rings. The van der Waals surface area contributed by atoms with Gasteiger partial charge in [0.1, 0.15) is 0 Å². The monoisotopic (exact) mass is 203 g/mol. The summed E-state index contributed by atoms with van der Waals surface area (Å²) in [7, 11) is 0. The molecule has 1 nitrogen and oxygen atoms in total. The fraction of sp³-hybridized carbons (Fsp3) is 0.